The van der Waals surface area contributed by atoms with Gasteiger partial charge in [-0.3, -0.25) is 4.79 Å². The molecule has 1 aliphatic rings. The molecule has 0 aliphatic carbocycles. The maximum atomic E-state index is 11.6. The first-order chi connectivity index (χ1) is 6.18. The SMILES string of the molecule is CC1COc2ccc(Cl)cc2C1=O. The third-order valence-corrected chi connectivity index (χ3v) is 2.38. The summed E-state index contributed by atoms with van der Waals surface area (Å²) in [6, 6.07) is 5.12. The molecule has 13 heavy (non-hydrogen) atoms. The predicted octanol–water partition coefficient (Wildman–Crippen LogP) is 2.55. The molecule has 1 aliphatic heterocycles. The zero-order chi connectivity index (χ0) is 9.42. The Hall–Kier alpha value is -1.02. The van der Waals surface area contributed by atoms with Crippen molar-refractivity contribution in [2.45, 2.75) is 6.92 Å². The fraction of sp³-hybridized carbons (Fsp3) is 0.300. The van der Waals surface area contributed by atoms with E-state index in [9.17, 15) is 4.79 Å². The zero-order valence-electron chi connectivity index (χ0n) is 7.21. The van der Waals surface area contributed by atoms with Crippen LogP contribution in [-0.2, 0) is 0 Å². The molecule has 0 saturated carbocycles. The summed E-state index contributed by atoms with van der Waals surface area (Å²) in [6.45, 7) is 2.32. The number of Topliss-reactive ketones (excluding diaryl/α,β-unsaturated/α-hetero) is 1. The van der Waals surface area contributed by atoms with E-state index in [-0.39, 0.29) is 11.7 Å². The van der Waals surface area contributed by atoms with E-state index in [1.54, 1.807) is 18.2 Å². The lowest BCUT2D eigenvalue weighted by Gasteiger charge is -2.21. The molecule has 0 radical (unpaired) electrons. The van der Waals surface area contributed by atoms with Gasteiger partial charge in [0.25, 0.3) is 0 Å². The largest absolute Gasteiger partial charge is 0.492 e. The minimum Gasteiger partial charge on any atom is -0.492 e. The maximum absolute atomic E-state index is 11.6. The average Bonchev–Trinajstić information content (AvgIpc) is 2.12. The molecule has 0 saturated heterocycles. The van der Waals surface area contributed by atoms with Crippen molar-refractivity contribution in [3.8, 4) is 5.75 Å². The Labute approximate surface area is 81.5 Å². The van der Waals surface area contributed by atoms with Crippen LogP contribution in [0.1, 0.15) is 17.3 Å². The molecule has 2 nitrogen and oxygen atoms in total. The fourth-order valence-corrected chi connectivity index (χ4v) is 1.55. The van der Waals surface area contributed by atoms with Crippen LogP contribution in [-0.4, -0.2) is 12.4 Å². The second-order valence-corrected chi connectivity index (χ2v) is 3.65. The first-order valence-corrected chi connectivity index (χ1v) is 4.53. The Morgan fingerprint density at radius 2 is 2.31 bits per heavy atom. The van der Waals surface area contributed by atoms with Crippen molar-refractivity contribution in [2.75, 3.05) is 6.61 Å². The zero-order valence-corrected chi connectivity index (χ0v) is 7.97. The number of ether oxygens (including phenoxy) is 1. The van der Waals surface area contributed by atoms with Crippen LogP contribution in [0.25, 0.3) is 0 Å². The van der Waals surface area contributed by atoms with Crippen molar-refractivity contribution in [1.29, 1.82) is 0 Å². The summed E-state index contributed by atoms with van der Waals surface area (Å²) in [5.41, 5.74) is 0.603. The summed E-state index contributed by atoms with van der Waals surface area (Å²) in [4.78, 5) is 11.6. The van der Waals surface area contributed by atoms with Crippen LogP contribution in [0.15, 0.2) is 18.2 Å². The van der Waals surface area contributed by atoms with Gasteiger partial charge < -0.3 is 4.74 Å². The molecular formula is C10H9ClO2. The summed E-state index contributed by atoms with van der Waals surface area (Å²) >= 11 is 5.78. The molecule has 0 amide bonds. The number of carbonyl (C=O) groups is 1. The minimum atomic E-state index is -0.0639. The van der Waals surface area contributed by atoms with Gasteiger partial charge in [0.2, 0.25) is 0 Å². The molecule has 0 spiro atoms. The molecule has 1 heterocycles. The molecule has 68 valence electrons. The highest BCUT2D eigenvalue weighted by Crippen LogP contribution is 2.29. The van der Waals surface area contributed by atoms with Crippen LogP contribution >= 0.6 is 11.6 Å². The lowest BCUT2D eigenvalue weighted by molar-refractivity contribution is 0.0849. The van der Waals surface area contributed by atoms with E-state index in [0.29, 0.717) is 22.9 Å². The summed E-state index contributed by atoms with van der Waals surface area (Å²) in [6.07, 6.45) is 0. The van der Waals surface area contributed by atoms with Gasteiger partial charge in [0.1, 0.15) is 5.75 Å². The van der Waals surface area contributed by atoms with Crippen molar-refractivity contribution >= 4 is 17.4 Å². The van der Waals surface area contributed by atoms with Gasteiger partial charge in [-0.1, -0.05) is 18.5 Å². The van der Waals surface area contributed by atoms with E-state index < -0.39 is 0 Å². The van der Waals surface area contributed by atoms with Gasteiger partial charge in [-0.15, -0.1) is 0 Å². The van der Waals surface area contributed by atoms with E-state index in [4.69, 9.17) is 16.3 Å². The number of rotatable bonds is 0. The molecule has 1 aromatic rings. The number of fused-ring (bicyclic) bond motifs is 1. The van der Waals surface area contributed by atoms with Crippen LogP contribution in [0.5, 0.6) is 5.75 Å². The van der Waals surface area contributed by atoms with E-state index in [1.807, 2.05) is 6.92 Å². The van der Waals surface area contributed by atoms with Crippen LogP contribution < -0.4 is 4.74 Å². The number of benzene rings is 1. The Balaban J connectivity index is 2.51. The maximum Gasteiger partial charge on any atom is 0.172 e. The number of carbonyl (C=O) groups excluding carboxylic acids is 1. The fourth-order valence-electron chi connectivity index (χ4n) is 1.38. The molecule has 0 N–H and O–H groups in total. The van der Waals surface area contributed by atoms with E-state index in [1.165, 1.54) is 0 Å². The molecular weight excluding hydrogens is 188 g/mol. The van der Waals surface area contributed by atoms with Crippen LogP contribution in [0, 0.1) is 5.92 Å². The first kappa shape index (κ1) is 8.57. The number of ketones is 1. The lowest BCUT2D eigenvalue weighted by Crippen LogP contribution is -2.25. The standard InChI is InChI=1S/C10H9ClO2/c1-6-5-13-9-3-2-7(11)4-8(9)10(6)12/h2-4,6H,5H2,1H3. The Bertz CT molecular complexity index is 360. The minimum absolute atomic E-state index is 0.0639. The number of hydrogen-bond donors (Lipinski definition) is 0. The van der Waals surface area contributed by atoms with Crippen molar-refractivity contribution in [2.24, 2.45) is 5.92 Å². The molecule has 1 atom stereocenters. The van der Waals surface area contributed by atoms with Gasteiger partial charge >= 0.3 is 0 Å². The summed E-state index contributed by atoms with van der Waals surface area (Å²) in [7, 11) is 0. The van der Waals surface area contributed by atoms with Crippen LogP contribution in [0.3, 0.4) is 0 Å². The van der Waals surface area contributed by atoms with Gasteiger partial charge in [0.15, 0.2) is 5.78 Å². The van der Waals surface area contributed by atoms with Crippen LogP contribution in [0.4, 0.5) is 0 Å². The van der Waals surface area contributed by atoms with Gasteiger partial charge in [0, 0.05) is 5.02 Å². The molecule has 0 fully saturated rings. The highest BCUT2D eigenvalue weighted by Gasteiger charge is 2.25. The smallest absolute Gasteiger partial charge is 0.172 e. The van der Waals surface area contributed by atoms with Crippen molar-refractivity contribution in [3.63, 3.8) is 0 Å². The molecule has 1 aromatic carbocycles. The lowest BCUT2D eigenvalue weighted by atomic mass is 9.97. The van der Waals surface area contributed by atoms with Gasteiger partial charge in [0.05, 0.1) is 18.1 Å². The third-order valence-electron chi connectivity index (χ3n) is 2.14. The Morgan fingerprint density at radius 3 is 3.08 bits per heavy atom. The Kier molecular flexibility index (Phi) is 2.00. The highest BCUT2D eigenvalue weighted by atomic mass is 35.5. The molecule has 2 rings (SSSR count). The third kappa shape index (κ3) is 1.42. The van der Waals surface area contributed by atoms with E-state index in [2.05, 4.69) is 0 Å². The number of halogens is 1. The van der Waals surface area contributed by atoms with Crippen LogP contribution in [0.2, 0.25) is 5.02 Å². The van der Waals surface area contributed by atoms with Gasteiger partial charge in [-0.25, -0.2) is 0 Å². The quantitative estimate of drug-likeness (QED) is 0.638. The molecule has 3 heteroatoms. The second kappa shape index (κ2) is 3.04. The topological polar surface area (TPSA) is 26.3 Å². The van der Waals surface area contributed by atoms with E-state index >= 15 is 0 Å². The van der Waals surface area contributed by atoms with Gasteiger partial charge in [-0.05, 0) is 18.2 Å². The summed E-state index contributed by atoms with van der Waals surface area (Å²) in [5.74, 6) is 0.696. The summed E-state index contributed by atoms with van der Waals surface area (Å²) < 4.78 is 5.38. The normalized spacial score (nSPS) is 20.8. The van der Waals surface area contributed by atoms with Crippen molar-refractivity contribution < 1.29 is 9.53 Å². The molecule has 0 bridgehead atoms. The monoisotopic (exact) mass is 196 g/mol. The second-order valence-electron chi connectivity index (χ2n) is 3.22. The molecule has 1 unspecified atom stereocenters. The predicted molar refractivity (Wildman–Crippen MR) is 50.4 cm³/mol. The summed E-state index contributed by atoms with van der Waals surface area (Å²) in [5, 5.41) is 0.574. The Morgan fingerprint density at radius 1 is 1.54 bits per heavy atom. The van der Waals surface area contributed by atoms with Crippen molar-refractivity contribution in [3.05, 3.63) is 28.8 Å². The average molecular weight is 197 g/mol. The van der Waals surface area contributed by atoms with Crippen molar-refractivity contribution in [1.82, 2.24) is 0 Å². The highest BCUT2D eigenvalue weighted by molar-refractivity contribution is 6.31. The number of hydrogen-bond acceptors (Lipinski definition) is 2. The van der Waals surface area contributed by atoms with Gasteiger partial charge in [-0.2, -0.15) is 0 Å². The first-order valence-electron chi connectivity index (χ1n) is 4.15. The van der Waals surface area contributed by atoms with E-state index in [0.717, 1.165) is 0 Å². The molecule has 0 aromatic heterocycles.